The molecule has 1 aromatic heterocycles. The van der Waals surface area contributed by atoms with Gasteiger partial charge in [0.2, 0.25) is 0 Å². The van der Waals surface area contributed by atoms with Crippen molar-refractivity contribution in [2.24, 2.45) is 18.2 Å². The van der Waals surface area contributed by atoms with Crippen LogP contribution in [0.15, 0.2) is 0 Å². The van der Waals surface area contributed by atoms with Crippen LogP contribution in [0.4, 0.5) is 5.82 Å². The molecule has 1 heterocycles. The lowest BCUT2D eigenvalue weighted by molar-refractivity contribution is 0.326. The van der Waals surface area contributed by atoms with Crippen molar-refractivity contribution in [3.8, 4) is 0 Å². The minimum atomic E-state index is 0.153. The highest BCUT2D eigenvalue weighted by Crippen LogP contribution is 2.31. The summed E-state index contributed by atoms with van der Waals surface area (Å²) in [6.07, 6.45) is 0.871. The molecule has 0 fully saturated rings. The summed E-state index contributed by atoms with van der Waals surface area (Å²) >= 11 is 0. The Labute approximate surface area is 118 Å². The summed E-state index contributed by atoms with van der Waals surface area (Å²) in [7, 11) is 4.16. The lowest BCUT2D eigenvalue weighted by Gasteiger charge is -2.37. The SMILES string of the molecule is Cc1nn(C)c(N(C)C(C)C(C)(C)C)c1CC(C)N. The van der Waals surface area contributed by atoms with Gasteiger partial charge in [0, 0.05) is 31.7 Å². The van der Waals surface area contributed by atoms with Crippen LogP contribution in [0.25, 0.3) is 0 Å². The second kappa shape index (κ2) is 5.53. The minimum absolute atomic E-state index is 0.153. The minimum Gasteiger partial charge on any atom is -0.356 e. The first-order valence-corrected chi connectivity index (χ1v) is 7.06. The zero-order valence-corrected chi connectivity index (χ0v) is 13.8. The Kier molecular flexibility index (Phi) is 4.67. The Hall–Kier alpha value is -1.03. The van der Waals surface area contributed by atoms with Crippen molar-refractivity contribution in [1.29, 1.82) is 0 Å². The van der Waals surface area contributed by atoms with Gasteiger partial charge < -0.3 is 10.6 Å². The molecule has 0 amide bonds. The average Bonchev–Trinajstić information content (AvgIpc) is 2.50. The third-order valence-corrected chi connectivity index (χ3v) is 4.01. The molecule has 0 aliphatic rings. The summed E-state index contributed by atoms with van der Waals surface area (Å²) < 4.78 is 1.98. The first kappa shape index (κ1) is 16.0. The molecule has 19 heavy (non-hydrogen) atoms. The first-order chi connectivity index (χ1) is 8.55. The van der Waals surface area contributed by atoms with E-state index in [9.17, 15) is 0 Å². The van der Waals surface area contributed by atoms with E-state index in [0.29, 0.717) is 6.04 Å². The van der Waals surface area contributed by atoms with E-state index in [-0.39, 0.29) is 11.5 Å². The fourth-order valence-electron chi connectivity index (χ4n) is 2.46. The molecule has 1 aromatic rings. The summed E-state index contributed by atoms with van der Waals surface area (Å²) in [5.74, 6) is 1.19. The number of hydrogen-bond acceptors (Lipinski definition) is 3. The Morgan fingerprint density at radius 2 is 1.84 bits per heavy atom. The number of aryl methyl sites for hydroxylation is 2. The Morgan fingerprint density at radius 1 is 1.32 bits per heavy atom. The van der Waals surface area contributed by atoms with E-state index in [0.717, 1.165) is 12.1 Å². The number of hydrogen-bond donors (Lipinski definition) is 1. The molecule has 2 atom stereocenters. The zero-order chi connectivity index (χ0) is 15.0. The molecular weight excluding hydrogens is 236 g/mol. The van der Waals surface area contributed by atoms with E-state index in [1.165, 1.54) is 11.4 Å². The van der Waals surface area contributed by atoms with Crippen molar-refractivity contribution >= 4 is 5.82 Å². The van der Waals surface area contributed by atoms with Gasteiger partial charge in [-0.3, -0.25) is 4.68 Å². The van der Waals surface area contributed by atoms with Crippen LogP contribution in [0.1, 0.15) is 45.9 Å². The highest BCUT2D eigenvalue weighted by Gasteiger charge is 2.28. The maximum Gasteiger partial charge on any atom is 0.130 e. The molecule has 0 saturated heterocycles. The van der Waals surface area contributed by atoms with Crippen LogP contribution < -0.4 is 10.6 Å². The lowest BCUT2D eigenvalue weighted by atomic mass is 9.87. The van der Waals surface area contributed by atoms with Crippen LogP contribution >= 0.6 is 0 Å². The molecule has 4 nitrogen and oxygen atoms in total. The number of anilines is 1. The smallest absolute Gasteiger partial charge is 0.130 e. The van der Waals surface area contributed by atoms with Crippen LogP contribution in [0.2, 0.25) is 0 Å². The van der Waals surface area contributed by atoms with E-state index in [1.54, 1.807) is 0 Å². The number of aromatic nitrogens is 2. The van der Waals surface area contributed by atoms with Gasteiger partial charge in [-0.25, -0.2) is 0 Å². The molecule has 0 aliphatic carbocycles. The first-order valence-electron chi connectivity index (χ1n) is 7.06. The summed E-state index contributed by atoms with van der Waals surface area (Å²) in [5.41, 5.74) is 8.56. The molecule has 1 rings (SSSR count). The van der Waals surface area contributed by atoms with E-state index in [1.807, 2.05) is 18.7 Å². The fourth-order valence-corrected chi connectivity index (χ4v) is 2.46. The second-order valence-corrected chi connectivity index (χ2v) is 6.85. The van der Waals surface area contributed by atoms with Crippen LogP contribution in [-0.4, -0.2) is 28.9 Å². The van der Waals surface area contributed by atoms with Crippen molar-refractivity contribution in [2.75, 3.05) is 11.9 Å². The predicted octanol–water partition coefficient (Wildman–Crippen LogP) is 2.49. The van der Waals surface area contributed by atoms with Crippen molar-refractivity contribution in [1.82, 2.24) is 9.78 Å². The molecule has 0 saturated carbocycles. The van der Waals surface area contributed by atoms with Gasteiger partial charge in [0.1, 0.15) is 5.82 Å². The van der Waals surface area contributed by atoms with Gasteiger partial charge in [0.25, 0.3) is 0 Å². The van der Waals surface area contributed by atoms with Gasteiger partial charge in [-0.2, -0.15) is 5.10 Å². The fraction of sp³-hybridized carbons (Fsp3) is 0.800. The molecule has 2 N–H and O–H groups in total. The molecule has 0 bridgehead atoms. The highest BCUT2D eigenvalue weighted by atomic mass is 15.4. The number of nitrogens with zero attached hydrogens (tertiary/aromatic N) is 3. The topological polar surface area (TPSA) is 47.1 Å². The molecule has 110 valence electrons. The lowest BCUT2D eigenvalue weighted by Crippen LogP contribution is -2.41. The van der Waals surface area contributed by atoms with Gasteiger partial charge >= 0.3 is 0 Å². The molecule has 0 aliphatic heterocycles. The monoisotopic (exact) mass is 266 g/mol. The largest absolute Gasteiger partial charge is 0.356 e. The Balaban J connectivity index is 3.18. The van der Waals surface area contributed by atoms with Crippen molar-refractivity contribution in [3.05, 3.63) is 11.3 Å². The molecule has 4 heteroatoms. The van der Waals surface area contributed by atoms with E-state index in [4.69, 9.17) is 5.73 Å². The van der Waals surface area contributed by atoms with E-state index < -0.39 is 0 Å². The summed E-state index contributed by atoms with van der Waals surface area (Å²) in [6, 6.07) is 0.578. The summed E-state index contributed by atoms with van der Waals surface area (Å²) in [6.45, 7) is 13.2. The number of nitrogens with two attached hydrogens (primary N) is 1. The number of rotatable bonds is 4. The van der Waals surface area contributed by atoms with Crippen LogP contribution in [0.5, 0.6) is 0 Å². The molecule has 0 aromatic carbocycles. The van der Waals surface area contributed by atoms with Crippen molar-refractivity contribution in [3.63, 3.8) is 0 Å². The zero-order valence-electron chi connectivity index (χ0n) is 13.8. The van der Waals surface area contributed by atoms with Crippen molar-refractivity contribution in [2.45, 2.75) is 60.0 Å². The van der Waals surface area contributed by atoms with Crippen LogP contribution in [-0.2, 0) is 13.5 Å². The molecule has 0 spiro atoms. The van der Waals surface area contributed by atoms with Crippen molar-refractivity contribution < 1.29 is 0 Å². The third kappa shape index (κ3) is 3.50. The quantitative estimate of drug-likeness (QED) is 0.911. The average molecular weight is 266 g/mol. The second-order valence-electron chi connectivity index (χ2n) is 6.85. The molecule has 0 radical (unpaired) electrons. The van der Waals surface area contributed by atoms with E-state index >= 15 is 0 Å². The van der Waals surface area contributed by atoms with E-state index in [2.05, 4.69) is 51.7 Å². The van der Waals surface area contributed by atoms with Crippen LogP contribution in [0.3, 0.4) is 0 Å². The summed E-state index contributed by atoms with van der Waals surface area (Å²) in [4.78, 5) is 2.33. The summed E-state index contributed by atoms with van der Waals surface area (Å²) in [5, 5.41) is 4.57. The van der Waals surface area contributed by atoms with Gasteiger partial charge in [-0.1, -0.05) is 20.8 Å². The Bertz CT molecular complexity index is 426. The highest BCUT2D eigenvalue weighted by molar-refractivity contribution is 5.51. The van der Waals surface area contributed by atoms with Gasteiger partial charge in [0.15, 0.2) is 0 Å². The normalized spacial score (nSPS) is 15.4. The maximum atomic E-state index is 5.98. The van der Waals surface area contributed by atoms with Crippen LogP contribution in [0, 0.1) is 12.3 Å². The third-order valence-electron chi connectivity index (χ3n) is 4.01. The standard InChI is InChI=1S/C15H30N4/c1-10(16)9-13-11(2)17-19(8)14(13)18(7)12(3)15(4,5)6/h10,12H,9,16H2,1-8H3. The maximum absolute atomic E-state index is 5.98. The van der Waals surface area contributed by atoms with Gasteiger partial charge in [0.05, 0.1) is 5.69 Å². The van der Waals surface area contributed by atoms with Gasteiger partial charge in [-0.05, 0) is 32.6 Å². The molecule has 2 unspecified atom stereocenters. The molecular formula is C15H30N4. The van der Waals surface area contributed by atoms with Gasteiger partial charge in [-0.15, -0.1) is 0 Å². The predicted molar refractivity (Wildman–Crippen MR) is 82.6 cm³/mol. The Morgan fingerprint density at radius 3 is 2.26 bits per heavy atom.